The maximum atomic E-state index is 12.5. The van der Waals surface area contributed by atoms with E-state index >= 15 is 0 Å². The Kier molecular flexibility index (Phi) is 4.35. The summed E-state index contributed by atoms with van der Waals surface area (Å²) in [6.07, 6.45) is 1.43. The Hall–Kier alpha value is -2.56. The number of hydrogen-bond donors (Lipinski definition) is 1. The van der Waals surface area contributed by atoms with Crippen molar-refractivity contribution in [1.29, 1.82) is 0 Å². The van der Waals surface area contributed by atoms with Crippen molar-refractivity contribution in [3.05, 3.63) is 59.5 Å². The van der Waals surface area contributed by atoms with Crippen molar-refractivity contribution in [2.75, 3.05) is 0 Å². The van der Waals surface area contributed by atoms with Gasteiger partial charge in [-0.1, -0.05) is 17.7 Å². The average Bonchev–Trinajstić information content (AvgIpc) is 2.96. The van der Waals surface area contributed by atoms with Gasteiger partial charge in [-0.15, -0.1) is 0 Å². The Labute approximate surface area is 129 Å². The number of aryl methyl sites for hydroxylation is 1. The number of carbonyl (C=O) groups is 2. The predicted octanol–water partition coefficient (Wildman–Crippen LogP) is 3.17. The first-order chi connectivity index (χ1) is 10.3. The Morgan fingerprint density at radius 1 is 1.14 bits per heavy atom. The van der Waals surface area contributed by atoms with Gasteiger partial charge in [0, 0.05) is 5.56 Å². The molecule has 1 aromatic carbocycles. The van der Waals surface area contributed by atoms with E-state index in [9.17, 15) is 9.59 Å². The van der Waals surface area contributed by atoms with Crippen molar-refractivity contribution in [2.45, 2.75) is 33.2 Å². The van der Waals surface area contributed by atoms with E-state index < -0.39 is 11.4 Å². The molecule has 22 heavy (non-hydrogen) atoms. The molecular weight excluding hydrogens is 280 g/mol. The fraction of sp³-hybridized carbons (Fsp3) is 0.294. The molecule has 0 atom stereocenters. The lowest BCUT2D eigenvalue weighted by Gasteiger charge is -2.34. The number of furan rings is 1. The molecule has 5 heteroatoms. The molecule has 0 aliphatic carbocycles. The van der Waals surface area contributed by atoms with Crippen LogP contribution in [0.3, 0.4) is 0 Å². The van der Waals surface area contributed by atoms with E-state index in [1.54, 1.807) is 30.3 Å². The summed E-state index contributed by atoms with van der Waals surface area (Å²) < 4.78 is 5.14. The normalized spacial score (nSPS) is 11.1. The van der Waals surface area contributed by atoms with Crippen molar-refractivity contribution >= 4 is 11.8 Å². The summed E-state index contributed by atoms with van der Waals surface area (Å²) in [5.41, 5.74) is 3.56. The van der Waals surface area contributed by atoms with Gasteiger partial charge in [0.1, 0.15) is 0 Å². The molecule has 0 radical (unpaired) electrons. The summed E-state index contributed by atoms with van der Waals surface area (Å²) in [5.74, 6) is -0.545. The highest BCUT2D eigenvalue weighted by Gasteiger charge is 2.31. The summed E-state index contributed by atoms with van der Waals surface area (Å²) >= 11 is 0. The van der Waals surface area contributed by atoms with Crippen molar-refractivity contribution < 1.29 is 14.0 Å². The topological polar surface area (TPSA) is 62.6 Å². The van der Waals surface area contributed by atoms with Crippen molar-refractivity contribution in [3.63, 3.8) is 0 Å². The molecule has 0 unspecified atom stereocenters. The monoisotopic (exact) mass is 300 g/mol. The first-order valence-corrected chi connectivity index (χ1v) is 7.05. The third-order valence-electron chi connectivity index (χ3n) is 3.10. The fourth-order valence-corrected chi connectivity index (χ4v) is 1.99. The summed E-state index contributed by atoms with van der Waals surface area (Å²) in [5, 5.41) is 1.29. The number of rotatable bonds is 2. The van der Waals surface area contributed by atoms with Crippen LogP contribution in [0.4, 0.5) is 0 Å². The maximum Gasteiger partial charge on any atom is 0.308 e. The molecular formula is C17H20N2O3. The van der Waals surface area contributed by atoms with Crippen LogP contribution >= 0.6 is 0 Å². The van der Waals surface area contributed by atoms with Gasteiger partial charge in [0.25, 0.3) is 5.91 Å². The third kappa shape index (κ3) is 3.55. The lowest BCUT2D eigenvalue weighted by molar-refractivity contribution is 0.0333. The van der Waals surface area contributed by atoms with E-state index in [1.165, 1.54) is 11.3 Å². The zero-order valence-electron chi connectivity index (χ0n) is 13.2. The predicted molar refractivity (Wildman–Crippen MR) is 83.3 cm³/mol. The van der Waals surface area contributed by atoms with Crippen LogP contribution in [0, 0.1) is 6.92 Å². The van der Waals surface area contributed by atoms with Crippen molar-refractivity contribution in [1.82, 2.24) is 10.4 Å². The van der Waals surface area contributed by atoms with E-state index in [2.05, 4.69) is 5.43 Å². The highest BCUT2D eigenvalue weighted by atomic mass is 16.3. The highest BCUT2D eigenvalue weighted by Crippen LogP contribution is 2.16. The summed E-state index contributed by atoms with van der Waals surface area (Å²) in [4.78, 5) is 24.9. The van der Waals surface area contributed by atoms with Gasteiger partial charge in [-0.3, -0.25) is 15.0 Å². The van der Waals surface area contributed by atoms with E-state index in [0.717, 1.165) is 5.56 Å². The van der Waals surface area contributed by atoms with Crippen LogP contribution in [-0.2, 0) is 0 Å². The van der Waals surface area contributed by atoms with Gasteiger partial charge in [0.15, 0.2) is 5.76 Å². The lowest BCUT2D eigenvalue weighted by Crippen LogP contribution is -2.55. The molecule has 1 N–H and O–H groups in total. The molecule has 0 fully saturated rings. The summed E-state index contributed by atoms with van der Waals surface area (Å²) in [7, 11) is 0. The van der Waals surface area contributed by atoms with Gasteiger partial charge in [0.2, 0.25) is 0 Å². The Bertz CT molecular complexity index is 669. The van der Waals surface area contributed by atoms with Gasteiger partial charge in [-0.25, -0.2) is 5.01 Å². The molecule has 0 saturated carbocycles. The van der Waals surface area contributed by atoms with Crippen LogP contribution in [-0.4, -0.2) is 22.4 Å². The van der Waals surface area contributed by atoms with Crippen molar-refractivity contribution in [2.24, 2.45) is 0 Å². The molecule has 5 nitrogen and oxygen atoms in total. The number of nitrogens with one attached hydrogen (secondary N) is 1. The van der Waals surface area contributed by atoms with E-state index in [-0.39, 0.29) is 11.7 Å². The van der Waals surface area contributed by atoms with Crippen LogP contribution in [0.1, 0.15) is 47.2 Å². The number of benzene rings is 1. The Balaban J connectivity index is 2.24. The van der Waals surface area contributed by atoms with Gasteiger partial charge in [-0.2, -0.15) is 0 Å². The number of carbonyl (C=O) groups excluding carboxylic acids is 2. The Morgan fingerprint density at radius 2 is 1.86 bits per heavy atom. The minimum atomic E-state index is -0.594. The molecule has 2 aromatic rings. The largest absolute Gasteiger partial charge is 0.459 e. The van der Waals surface area contributed by atoms with E-state index in [1.807, 2.05) is 33.8 Å². The minimum absolute atomic E-state index is 0.180. The number of hydrogen-bond acceptors (Lipinski definition) is 3. The summed E-state index contributed by atoms with van der Waals surface area (Å²) in [6.45, 7) is 7.42. The molecule has 1 heterocycles. The molecule has 0 saturated heterocycles. The van der Waals surface area contributed by atoms with Gasteiger partial charge >= 0.3 is 5.91 Å². The molecule has 2 amide bonds. The van der Waals surface area contributed by atoms with E-state index in [4.69, 9.17) is 4.42 Å². The SMILES string of the molecule is Cc1cccc(C(=O)NN(C(=O)c2ccco2)C(C)(C)C)c1. The molecule has 0 bridgehead atoms. The number of nitrogens with zero attached hydrogens (tertiary/aromatic N) is 1. The molecule has 0 aliphatic heterocycles. The van der Waals surface area contributed by atoms with Gasteiger partial charge in [-0.05, 0) is 52.0 Å². The quantitative estimate of drug-likeness (QED) is 0.866. The smallest absolute Gasteiger partial charge is 0.308 e. The van der Waals surface area contributed by atoms with E-state index in [0.29, 0.717) is 5.56 Å². The van der Waals surface area contributed by atoms with Crippen LogP contribution in [0.15, 0.2) is 47.1 Å². The second-order valence-corrected chi connectivity index (χ2v) is 6.10. The first kappa shape index (κ1) is 15.8. The van der Waals surface area contributed by atoms with Gasteiger partial charge < -0.3 is 4.42 Å². The minimum Gasteiger partial charge on any atom is -0.459 e. The molecule has 116 valence electrons. The second kappa shape index (κ2) is 6.05. The fourth-order valence-electron chi connectivity index (χ4n) is 1.99. The molecule has 2 rings (SSSR count). The second-order valence-electron chi connectivity index (χ2n) is 6.10. The molecule has 0 spiro atoms. The summed E-state index contributed by atoms with van der Waals surface area (Å²) in [6, 6.07) is 10.4. The average molecular weight is 300 g/mol. The molecule has 1 aromatic heterocycles. The third-order valence-corrected chi connectivity index (χ3v) is 3.10. The maximum absolute atomic E-state index is 12.5. The zero-order chi connectivity index (χ0) is 16.3. The molecule has 0 aliphatic rings. The number of hydrazine groups is 1. The van der Waals surface area contributed by atoms with Crippen molar-refractivity contribution in [3.8, 4) is 0 Å². The van der Waals surface area contributed by atoms with Crippen LogP contribution in [0.25, 0.3) is 0 Å². The lowest BCUT2D eigenvalue weighted by atomic mass is 10.1. The van der Waals surface area contributed by atoms with Gasteiger partial charge in [0.05, 0.1) is 11.8 Å². The Morgan fingerprint density at radius 3 is 2.41 bits per heavy atom. The van der Waals surface area contributed by atoms with Crippen LogP contribution in [0.2, 0.25) is 0 Å². The first-order valence-electron chi connectivity index (χ1n) is 7.05. The van der Waals surface area contributed by atoms with Crippen LogP contribution < -0.4 is 5.43 Å². The van der Waals surface area contributed by atoms with Crippen LogP contribution in [0.5, 0.6) is 0 Å². The highest BCUT2D eigenvalue weighted by molar-refractivity contribution is 5.98. The number of amides is 2. The standard InChI is InChI=1S/C17H20N2O3/c1-12-7-5-8-13(11-12)15(20)18-19(17(2,3)4)16(21)14-9-6-10-22-14/h5-11H,1-4H3,(H,18,20). The zero-order valence-corrected chi connectivity index (χ0v) is 13.2.